The predicted molar refractivity (Wildman–Crippen MR) is 85.7 cm³/mol. The Bertz CT molecular complexity index is 915. The molecule has 118 valence electrons. The van der Waals surface area contributed by atoms with Crippen molar-refractivity contribution in [3.8, 4) is 0 Å². The van der Waals surface area contributed by atoms with Gasteiger partial charge in [0.15, 0.2) is 5.69 Å². The first-order valence-corrected chi connectivity index (χ1v) is 7.49. The molecule has 4 rings (SSSR count). The average molecular weight is 312 g/mol. The van der Waals surface area contributed by atoms with Gasteiger partial charge in [0, 0.05) is 18.2 Å². The van der Waals surface area contributed by atoms with Crippen LogP contribution in [0.3, 0.4) is 0 Å². The summed E-state index contributed by atoms with van der Waals surface area (Å²) in [7, 11) is 0. The highest BCUT2D eigenvalue weighted by Crippen LogP contribution is 2.22. The molecular formula is C15H16N6O2. The number of benzene rings is 1. The second kappa shape index (κ2) is 5.40. The van der Waals surface area contributed by atoms with Crippen molar-refractivity contribution in [2.75, 3.05) is 18.4 Å². The highest BCUT2D eigenvalue weighted by atomic mass is 16.2. The summed E-state index contributed by atoms with van der Waals surface area (Å²) in [5, 5.41) is 13.1. The summed E-state index contributed by atoms with van der Waals surface area (Å²) in [6.07, 6.45) is 1.03. The van der Waals surface area contributed by atoms with Gasteiger partial charge < -0.3 is 20.6 Å². The van der Waals surface area contributed by atoms with Crippen molar-refractivity contribution in [1.82, 2.24) is 25.5 Å². The number of aromatic nitrogens is 4. The second-order valence-corrected chi connectivity index (χ2v) is 5.66. The van der Waals surface area contributed by atoms with Gasteiger partial charge in [-0.25, -0.2) is 4.79 Å². The van der Waals surface area contributed by atoms with Crippen molar-refractivity contribution >= 4 is 22.6 Å². The molecule has 3 heterocycles. The van der Waals surface area contributed by atoms with E-state index in [0.717, 1.165) is 25.2 Å². The molecule has 0 bridgehead atoms. The summed E-state index contributed by atoms with van der Waals surface area (Å²) in [5.74, 6) is 0.0570. The lowest BCUT2D eigenvalue weighted by Crippen LogP contribution is -2.13. The molecule has 23 heavy (non-hydrogen) atoms. The summed E-state index contributed by atoms with van der Waals surface area (Å²) in [5.41, 5.74) is 2.75. The summed E-state index contributed by atoms with van der Waals surface area (Å²) >= 11 is 0. The standard InChI is InChI=1S/C15H16N6O2/c22-14(12-6-11(20-21-12)8-4-5-16-7-8)17-9-2-1-3-10-13(9)19-15(23)18-10/h1-3,6,8,16H,4-5,7H2,(H,17,22)(H,20,21)(H2,18,19,23). The lowest BCUT2D eigenvalue weighted by Gasteiger charge is -2.04. The number of H-pyrrole nitrogens is 3. The van der Waals surface area contributed by atoms with Crippen LogP contribution in [0, 0.1) is 0 Å². The van der Waals surface area contributed by atoms with Crippen molar-refractivity contribution in [1.29, 1.82) is 0 Å². The molecular weight excluding hydrogens is 296 g/mol. The third-order valence-electron chi connectivity index (χ3n) is 4.13. The monoisotopic (exact) mass is 312 g/mol. The number of carbonyl (C=O) groups excluding carboxylic acids is 1. The van der Waals surface area contributed by atoms with Crippen molar-refractivity contribution in [3.05, 3.63) is 46.1 Å². The van der Waals surface area contributed by atoms with Crippen LogP contribution in [0.5, 0.6) is 0 Å². The van der Waals surface area contributed by atoms with E-state index in [2.05, 4.69) is 30.8 Å². The molecule has 1 amide bonds. The van der Waals surface area contributed by atoms with Gasteiger partial charge in [-0.15, -0.1) is 0 Å². The number of imidazole rings is 1. The number of para-hydroxylation sites is 1. The van der Waals surface area contributed by atoms with Crippen LogP contribution in [0.1, 0.15) is 28.5 Å². The maximum absolute atomic E-state index is 12.4. The van der Waals surface area contributed by atoms with E-state index in [1.54, 1.807) is 24.3 Å². The molecule has 1 aliphatic heterocycles. The average Bonchev–Trinajstić information content (AvgIpc) is 3.26. The minimum Gasteiger partial charge on any atom is -0.319 e. The number of fused-ring (bicyclic) bond motifs is 1. The fourth-order valence-corrected chi connectivity index (χ4v) is 2.93. The Morgan fingerprint density at radius 2 is 2.22 bits per heavy atom. The van der Waals surface area contributed by atoms with Crippen molar-refractivity contribution in [2.24, 2.45) is 0 Å². The van der Waals surface area contributed by atoms with E-state index in [-0.39, 0.29) is 11.6 Å². The fraction of sp³-hybridized carbons (Fsp3) is 0.267. The molecule has 1 saturated heterocycles. The van der Waals surface area contributed by atoms with Crippen LogP contribution in [0.2, 0.25) is 0 Å². The van der Waals surface area contributed by atoms with Crippen molar-refractivity contribution in [3.63, 3.8) is 0 Å². The van der Waals surface area contributed by atoms with Gasteiger partial charge in [0.1, 0.15) is 0 Å². The first kappa shape index (κ1) is 13.8. The lowest BCUT2D eigenvalue weighted by molar-refractivity contribution is 0.102. The molecule has 0 radical (unpaired) electrons. The molecule has 5 N–H and O–H groups in total. The van der Waals surface area contributed by atoms with Gasteiger partial charge in [0.2, 0.25) is 0 Å². The maximum Gasteiger partial charge on any atom is 0.323 e. The van der Waals surface area contributed by atoms with Gasteiger partial charge in [0.25, 0.3) is 5.91 Å². The van der Waals surface area contributed by atoms with Gasteiger partial charge in [-0.2, -0.15) is 5.10 Å². The molecule has 8 nitrogen and oxygen atoms in total. The Morgan fingerprint density at radius 1 is 1.30 bits per heavy atom. The Kier molecular flexibility index (Phi) is 3.23. The summed E-state index contributed by atoms with van der Waals surface area (Å²) in [6.45, 7) is 1.88. The number of nitrogens with zero attached hydrogens (tertiary/aromatic N) is 1. The van der Waals surface area contributed by atoms with Crippen LogP contribution in [0.15, 0.2) is 29.1 Å². The number of hydrogen-bond acceptors (Lipinski definition) is 4. The van der Waals surface area contributed by atoms with E-state index in [1.807, 2.05) is 0 Å². The van der Waals surface area contributed by atoms with Crippen molar-refractivity contribution in [2.45, 2.75) is 12.3 Å². The first-order chi connectivity index (χ1) is 11.2. The topological polar surface area (TPSA) is 118 Å². The largest absolute Gasteiger partial charge is 0.323 e. The number of rotatable bonds is 3. The van der Waals surface area contributed by atoms with Crippen molar-refractivity contribution < 1.29 is 4.79 Å². The Morgan fingerprint density at radius 3 is 3.04 bits per heavy atom. The number of aromatic amines is 3. The van der Waals surface area contributed by atoms with Gasteiger partial charge in [0.05, 0.1) is 16.7 Å². The van der Waals surface area contributed by atoms with E-state index >= 15 is 0 Å². The summed E-state index contributed by atoms with van der Waals surface area (Å²) < 4.78 is 0. The molecule has 1 aliphatic rings. The van der Waals surface area contributed by atoms with Gasteiger partial charge in [-0.05, 0) is 31.2 Å². The lowest BCUT2D eigenvalue weighted by atomic mass is 10.1. The van der Waals surface area contributed by atoms with Crippen LogP contribution < -0.4 is 16.3 Å². The number of amides is 1. The fourth-order valence-electron chi connectivity index (χ4n) is 2.93. The van der Waals surface area contributed by atoms with Crippen LogP contribution in [-0.2, 0) is 0 Å². The highest BCUT2D eigenvalue weighted by molar-refractivity contribution is 6.06. The zero-order valence-electron chi connectivity index (χ0n) is 12.3. The molecule has 0 saturated carbocycles. The quantitative estimate of drug-likeness (QED) is 0.494. The molecule has 1 unspecified atom stereocenters. The van der Waals surface area contributed by atoms with E-state index in [9.17, 15) is 9.59 Å². The minimum atomic E-state index is -0.312. The second-order valence-electron chi connectivity index (χ2n) is 5.66. The van der Waals surface area contributed by atoms with E-state index in [4.69, 9.17) is 0 Å². The molecule has 1 atom stereocenters. The van der Waals surface area contributed by atoms with Crippen LogP contribution >= 0.6 is 0 Å². The smallest absolute Gasteiger partial charge is 0.319 e. The summed E-state index contributed by atoms with van der Waals surface area (Å²) in [4.78, 5) is 29.1. The first-order valence-electron chi connectivity index (χ1n) is 7.49. The third-order valence-corrected chi connectivity index (χ3v) is 4.13. The van der Waals surface area contributed by atoms with E-state index in [0.29, 0.717) is 28.3 Å². The van der Waals surface area contributed by atoms with Crippen LogP contribution in [-0.4, -0.2) is 39.2 Å². The molecule has 8 heteroatoms. The zero-order chi connectivity index (χ0) is 15.8. The van der Waals surface area contributed by atoms with E-state index < -0.39 is 0 Å². The molecule has 2 aromatic heterocycles. The number of carbonyl (C=O) groups is 1. The molecule has 1 fully saturated rings. The van der Waals surface area contributed by atoms with Crippen LogP contribution in [0.4, 0.5) is 5.69 Å². The molecule has 0 spiro atoms. The Labute approximate surface area is 130 Å². The molecule has 1 aromatic carbocycles. The van der Waals surface area contributed by atoms with Gasteiger partial charge in [-0.3, -0.25) is 9.89 Å². The molecule has 3 aromatic rings. The summed E-state index contributed by atoms with van der Waals surface area (Å²) in [6, 6.07) is 7.05. The third kappa shape index (κ3) is 2.53. The van der Waals surface area contributed by atoms with Crippen LogP contribution in [0.25, 0.3) is 11.0 Å². The van der Waals surface area contributed by atoms with Gasteiger partial charge >= 0.3 is 5.69 Å². The van der Waals surface area contributed by atoms with Gasteiger partial charge in [-0.1, -0.05) is 6.07 Å². The Hall–Kier alpha value is -2.87. The highest BCUT2D eigenvalue weighted by Gasteiger charge is 2.21. The number of hydrogen-bond donors (Lipinski definition) is 5. The number of nitrogens with one attached hydrogen (secondary N) is 5. The maximum atomic E-state index is 12.4. The number of anilines is 1. The molecule has 0 aliphatic carbocycles. The Balaban J connectivity index is 1.58. The van der Waals surface area contributed by atoms with E-state index in [1.165, 1.54) is 0 Å². The zero-order valence-corrected chi connectivity index (χ0v) is 12.3. The SMILES string of the molecule is O=C(Nc1cccc2[nH]c(=O)[nH]c12)c1cc(C2CCNC2)[nH]n1. The minimum absolute atomic E-state index is 0.308. The normalized spacial score (nSPS) is 17.7. The predicted octanol–water partition coefficient (Wildman–Crippen LogP) is 0.908.